The molecule has 0 radical (unpaired) electrons. The van der Waals surface area contributed by atoms with E-state index < -0.39 is 11.8 Å². The summed E-state index contributed by atoms with van der Waals surface area (Å²) in [5, 5.41) is 19.5. The molecule has 9 nitrogen and oxygen atoms in total. The molecule has 32 heavy (non-hydrogen) atoms. The van der Waals surface area contributed by atoms with Gasteiger partial charge in [0.25, 0.3) is 0 Å². The molecule has 0 aliphatic heterocycles. The summed E-state index contributed by atoms with van der Waals surface area (Å²) in [5.41, 5.74) is 2.34. The van der Waals surface area contributed by atoms with Crippen molar-refractivity contribution in [3.8, 4) is 17.0 Å². The van der Waals surface area contributed by atoms with Crippen LogP contribution >= 0.6 is 0 Å². The van der Waals surface area contributed by atoms with Crippen LogP contribution in [0, 0.1) is 5.41 Å². The molecular formula is C23H20N6O3. The molecule has 3 heterocycles. The molecule has 1 aromatic carbocycles. The molecule has 4 aromatic rings. The fourth-order valence-electron chi connectivity index (χ4n) is 3.16. The van der Waals surface area contributed by atoms with Gasteiger partial charge in [0.1, 0.15) is 17.5 Å². The van der Waals surface area contributed by atoms with Crippen LogP contribution < -0.4 is 10.1 Å². The fraction of sp³-hybridized carbons (Fsp3) is 0.130. The number of Topliss-reactive ketones (excluding diaryl/α,β-unsaturated/α-hetero) is 1. The minimum atomic E-state index is -1.04. The van der Waals surface area contributed by atoms with Crippen LogP contribution in [0.15, 0.2) is 77.8 Å². The Bertz CT molecular complexity index is 1210. The van der Waals surface area contributed by atoms with Crippen LogP contribution in [0.4, 0.5) is 5.69 Å². The summed E-state index contributed by atoms with van der Waals surface area (Å²) in [6.45, 7) is 0. The van der Waals surface area contributed by atoms with Crippen LogP contribution in [0.5, 0.6) is 5.75 Å². The SMILES string of the molecule is COc1cncc(NC(C(=N)Cc2ccccn2)C(=O)c2nonc2-c2ccccc2)c1. The number of hydrogen-bond acceptors (Lipinski definition) is 9. The molecule has 0 spiro atoms. The highest BCUT2D eigenvalue weighted by Crippen LogP contribution is 2.23. The number of ether oxygens (including phenoxy) is 1. The molecule has 0 amide bonds. The third-order valence-corrected chi connectivity index (χ3v) is 4.74. The number of pyridine rings is 2. The van der Waals surface area contributed by atoms with E-state index in [0.717, 1.165) is 0 Å². The Labute approximate surface area is 184 Å². The first kappa shape index (κ1) is 20.9. The van der Waals surface area contributed by atoms with E-state index in [1.54, 1.807) is 36.8 Å². The molecule has 9 heteroatoms. The van der Waals surface area contributed by atoms with Crippen LogP contribution in [-0.4, -0.2) is 44.9 Å². The number of hydrogen-bond donors (Lipinski definition) is 2. The first-order valence-electron chi connectivity index (χ1n) is 9.80. The molecule has 3 aromatic heterocycles. The Kier molecular flexibility index (Phi) is 6.26. The van der Waals surface area contributed by atoms with Crippen LogP contribution in [0.3, 0.4) is 0 Å². The van der Waals surface area contributed by atoms with Crippen LogP contribution in [0.25, 0.3) is 11.3 Å². The summed E-state index contributed by atoms with van der Waals surface area (Å²) in [5.74, 6) is 0.0689. The van der Waals surface area contributed by atoms with Gasteiger partial charge in [0, 0.05) is 35.7 Å². The number of benzene rings is 1. The van der Waals surface area contributed by atoms with E-state index in [-0.39, 0.29) is 17.8 Å². The van der Waals surface area contributed by atoms with Crippen LogP contribution in [0.1, 0.15) is 16.2 Å². The second-order valence-electron chi connectivity index (χ2n) is 6.91. The van der Waals surface area contributed by atoms with Crippen molar-refractivity contribution >= 4 is 17.2 Å². The largest absolute Gasteiger partial charge is 0.495 e. The maximum atomic E-state index is 13.6. The Morgan fingerprint density at radius 2 is 1.94 bits per heavy atom. The highest BCUT2D eigenvalue weighted by atomic mass is 16.6. The monoisotopic (exact) mass is 428 g/mol. The second-order valence-corrected chi connectivity index (χ2v) is 6.91. The van der Waals surface area contributed by atoms with Crippen LogP contribution in [0.2, 0.25) is 0 Å². The fourth-order valence-corrected chi connectivity index (χ4v) is 3.16. The molecule has 0 saturated carbocycles. The lowest BCUT2D eigenvalue weighted by Gasteiger charge is -2.19. The first-order chi connectivity index (χ1) is 15.7. The highest BCUT2D eigenvalue weighted by molar-refractivity contribution is 6.18. The van der Waals surface area contributed by atoms with E-state index in [1.165, 1.54) is 7.11 Å². The first-order valence-corrected chi connectivity index (χ1v) is 9.80. The normalized spacial score (nSPS) is 11.5. The topological polar surface area (TPSA) is 127 Å². The minimum absolute atomic E-state index is 0.0373. The zero-order valence-electron chi connectivity index (χ0n) is 17.2. The third kappa shape index (κ3) is 4.67. The van der Waals surface area contributed by atoms with Gasteiger partial charge >= 0.3 is 0 Å². The van der Waals surface area contributed by atoms with Crippen molar-refractivity contribution < 1.29 is 14.2 Å². The minimum Gasteiger partial charge on any atom is -0.495 e. The lowest BCUT2D eigenvalue weighted by Crippen LogP contribution is -2.39. The molecule has 0 aliphatic rings. The standard InChI is InChI=1S/C23H20N6O3/c1-31-18-11-17(13-25-14-18)27-21(19(24)12-16-9-5-6-10-26-16)23(30)22-20(28-32-29-22)15-7-3-2-4-8-15/h2-11,13-14,21,24,27H,12H2,1H3. The van der Waals surface area contributed by atoms with Crippen molar-refractivity contribution in [1.29, 1.82) is 5.41 Å². The summed E-state index contributed by atoms with van der Waals surface area (Å²) in [7, 11) is 1.53. The van der Waals surface area contributed by atoms with Gasteiger partial charge in [-0.05, 0) is 22.4 Å². The number of carbonyl (C=O) groups excluding carboxylic acids is 1. The number of ketones is 1. The molecule has 2 N–H and O–H groups in total. The van der Waals surface area contributed by atoms with Crippen molar-refractivity contribution in [1.82, 2.24) is 20.3 Å². The van der Waals surface area contributed by atoms with Gasteiger partial charge in [-0.25, -0.2) is 4.63 Å². The maximum Gasteiger partial charge on any atom is 0.215 e. The van der Waals surface area contributed by atoms with Gasteiger partial charge < -0.3 is 15.5 Å². The number of carbonyl (C=O) groups is 1. The summed E-state index contributed by atoms with van der Waals surface area (Å²) in [4.78, 5) is 21.9. The Hall–Kier alpha value is -4.40. The molecular weight excluding hydrogens is 408 g/mol. The van der Waals surface area contributed by atoms with Crippen molar-refractivity contribution in [3.63, 3.8) is 0 Å². The quantitative estimate of drug-likeness (QED) is 0.306. The Balaban J connectivity index is 1.68. The molecule has 1 unspecified atom stereocenters. The predicted octanol–water partition coefficient (Wildman–Crippen LogP) is 3.46. The van der Waals surface area contributed by atoms with Gasteiger partial charge in [0.2, 0.25) is 5.78 Å². The zero-order valence-corrected chi connectivity index (χ0v) is 17.2. The van der Waals surface area contributed by atoms with E-state index in [1.807, 2.05) is 36.4 Å². The molecule has 160 valence electrons. The van der Waals surface area contributed by atoms with Crippen molar-refractivity contribution in [2.45, 2.75) is 12.5 Å². The smallest absolute Gasteiger partial charge is 0.215 e. The molecule has 0 saturated heterocycles. The van der Waals surface area contributed by atoms with Crippen LogP contribution in [-0.2, 0) is 6.42 Å². The summed E-state index contributed by atoms with van der Waals surface area (Å²) < 4.78 is 10.1. The van der Waals surface area contributed by atoms with E-state index in [0.29, 0.717) is 28.4 Å². The maximum absolute atomic E-state index is 13.6. The number of nitrogens with one attached hydrogen (secondary N) is 2. The van der Waals surface area contributed by atoms with Gasteiger partial charge in [-0.1, -0.05) is 36.4 Å². The summed E-state index contributed by atoms with van der Waals surface area (Å²) in [6.07, 6.45) is 4.92. The summed E-state index contributed by atoms with van der Waals surface area (Å²) >= 11 is 0. The van der Waals surface area contributed by atoms with Crippen molar-refractivity contribution in [2.24, 2.45) is 0 Å². The highest BCUT2D eigenvalue weighted by Gasteiger charge is 2.31. The number of methoxy groups -OCH3 is 1. The molecule has 0 aliphatic carbocycles. The number of rotatable bonds is 9. The van der Waals surface area contributed by atoms with Gasteiger partial charge in [0.05, 0.1) is 25.2 Å². The molecule has 4 rings (SSSR count). The predicted molar refractivity (Wildman–Crippen MR) is 118 cm³/mol. The van der Waals surface area contributed by atoms with Gasteiger partial charge in [-0.2, -0.15) is 0 Å². The Morgan fingerprint density at radius 1 is 1.12 bits per heavy atom. The van der Waals surface area contributed by atoms with Crippen molar-refractivity contribution in [3.05, 3.63) is 84.6 Å². The molecule has 0 bridgehead atoms. The second kappa shape index (κ2) is 9.61. The van der Waals surface area contributed by atoms with Gasteiger partial charge in [-0.15, -0.1) is 0 Å². The lowest BCUT2D eigenvalue weighted by atomic mass is 9.97. The molecule has 1 atom stereocenters. The van der Waals surface area contributed by atoms with E-state index >= 15 is 0 Å². The Morgan fingerprint density at radius 3 is 2.69 bits per heavy atom. The number of aromatic nitrogens is 4. The number of nitrogens with zero attached hydrogens (tertiary/aromatic N) is 4. The molecule has 0 fully saturated rings. The van der Waals surface area contributed by atoms with E-state index in [4.69, 9.17) is 14.8 Å². The number of anilines is 1. The lowest BCUT2D eigenvalue weighted by molar-refractivity contribution is 0.0980. The zero-order chi connectivity index (χ0) is 22.3. The third-order valence-electron chi connectivity index (χ3n) is 4.74. The van der Waals surface area contributed by atoms with Crippen molar-refractivity contribution in [2.75, 3.05) is 12.4 Å². The average molecular weight is 428 g/mol. The van der Waals surface area contributed by atoms with E-state index in [9.17, 15) is 4.79 Å². The average Bonchev–Trinajstić information content (AvgIpc) is 3.33. The van der Waals surface area contributed by atoms with Gasteiger partial charge in [0.15, 0.2) is 5.69 Å². The van der Waals surface area contributed by atoms with Gasteiger partial charge in [-0.3, -0.25) is 14.8 Å². The van der Waals surface area contributed by atoms with E-state index in [2.05, 4.69) is 25.6 Å². The summed E-state index contributed by atoms with van der Waals surface area (Å²) in [6, 6.07) is 15.2.